The lowest BCUT2D eigenvalue weighted by atomic mass is 9.86. The molecule has 2 saturated carbocycles. The highest BCUT2D eigenvalue weighted by Gasteiger charge is 2.47. The lowest BCUT2D eigenvalue weighted by Gasteiger charge is -2.42. The summed E-state index contributed by atoms with van der Waals surface area (Å²) in [6.07, 6.45) is 22.2. The third-order valence-corrected chi connectivity index (χ3v) is 18.5. The Hall–Kier alpha value is -3.56. The van der Waals surface area contributed by atoms with E-state index in [-0.39, 0.29) is 24.0 Å². The van der Waals surface area contributed by atoms with Crippen molar-refractivity contribution in [2.75, 3.05) is 0 Å². The van der Waals surface area contributed by atoms with Crippen LogP contribution in [0.2, 0.25) is 10.0 Å². The molecule has 4 saturated heterocycles. The van der Waals surface area contributed by atoms with Gasteiger partial charge in [0.1, 0.15) is 11.5 Å². The fourth-order valence-electron chi connectivity index (χ4n) is 13.9. The second-order valence-corrected chi connectivity index (χ2v) is 22.3. The van der Waals surface area contributed by atoms with Crippen LogP contribution >= 0.6 is 23.2 Å². The van der Waals surface area contributed by atoms with E-state index in [0.717, 1.165) is 145 Å². The minimum atomic E-state index is -0.624. The smallest absolute Gasteiger partial charge is 0.306 e. The van der Waals surface area contributed by atoms with E-state index in [2.05, 4.69) is 86.0 Å². The third-order valence-electron chi connectivity index (χ3n) is 17.8. The molecule has 4 heterocycles. The number of piperidine rings is 2. The van der Waals surface area contributed by atoms with Crippen LogP contribution in [0.5, 0.6) is 11.5 Å². The van der Waals surface area contributed by atoms with Crippen molar-refractivity contribution in [3.05, 3.63) is 81.8 Å². The Kier molecular flexibility index (Phi) is 15.9. The van der Waals surface area contributed by atoms with Crippen LogP contribution in [0.1, 0.15) is 179 Å². The summed E-state index contributed by atoms with van der Waals surface area (Å²) in [6.45, 7) is 9.06. The van der Waals surface area contributed by atoms with E-state index in [1.165, 1.54) is 49.7 Å². The molecular formula is C58H76Cl2N2O6. The van der Waals surface area contributed by atoms with Gasteiger partial charge in [-0.2, -0.15) is 0 Å². The molecule has 8 nitrogen and oxygen atoms in total. The van der Waals surface area contributed by atoms with Crippen LogP contribution in [0.25, 0.3) is 21.5 Å². The summed E-state index contributed by atoms with van der Waals surface area (Å²) in [5, 5.41) is 24.9. The first kappa shape index (κ1) is 49.4. The number of nitrogens with zero attached hydrogens (tertiary/aromatic N) is 2. The van der Waals surface area contributed by atoms with Crippen molar-refractivity contribution in [2.24, 2.45) is 23.7 Å². The highest BCUT2D eigenvalue weighted by molar-refractivity contribution is 6.37. The van der Waals surface area contributed by atoms with Crippen molar-refractivity contribution in [3.8, 4) is 11.5 Å². The Morgan fingerprint density at radius 2 is 0.882 bits per heavy atom. The minimum absolute atomic E-state index is 0.183. The Morgan fingerprint density at radius 3 is 1.19 bits per heavy atom. The highest BCUT2D eigenvalue weighted by atomic mass is 35.5. The predicted molar refractivity (Wildman–Crippen MR) is 275 cm³/mol. The molecule has 10 rings (SSSR count). The van der Waals surface area contributed by atoms with Crippen LogP contribution in [-0.2, 0) is 9.59 Å². The molecule has 4 bridgehead atoms. The molecule has 0 radical (unpaired) electrons. The summed E-state index contributed by atoms with van der Waals surface area (Å²) in [5.41, 5.74) is 2.62. The number of halogens is 2. The molecule has 6 aliphatic rings. The van der Waals surface area contributed by atoms with Gasteiger partial charge in [-0.25, -0.2) is 0 Å². The fourth-order valence-corrected chi connectivity index (χ4v) is 14.5. The average Bonchev–Trinajstić information content (AvgIpc) is 3.74. The summed E-state index contributed by atoms with van der Waals surface area (Å²) in [5.74, 6) is 1.70. The molecular weight excluding hydrogens is 892 g/mol. The van der Waals surface area contributed by atoms with Crippen LogP contribution in [0.3, 0.4) is 0 Å². The van der Waals surface area contributed by atoms with Crippen molar-refractivity contribution in [3.63, 3.8) is 0 Å². The summed E-state index contributed by atoms with van der Waals surface area (Å²) >= 11 is 13.7. The zero-order chi connectivity index (χ0) is 47.6. The van der Waals surface area contributed by atoms with Gasteiger partial charge in [0.2, 0.25) is 0 Å². The van der Waals surface area contributed by atoms with Gasteiger partial charge in [0.05, 0.1) is 34.1 Å². The van der Waals surface area contributed by atoms with Crippen molar-refractivity contribution >= 4 is 56.7 Å². The van der Waals surface area contributed by atoms with Crippen molar-refractivity contribution < 1.29 is 29.3 Å². The zero-order valence-corrected chi connectivity index (χ0v) is 42.5. The molecule has 0 aromatic heterocycles. The molecule has 68 heavy (non-hydrogen) atoms. The number of carboxylic acid groups (broad SMARTS) is 2. The van der Waals surface area contributed by atoms with Gasteiger partial charge in [0.25, 0.3) is 0 Å². The summed E-state index contributed by atoms with van der Waals surface area (Å²) in [4.78, 5) is 28.5. The van der Waals surface area contributed by atoms with Gasteiger partial charge in [-0.3, -0.25) is 19.4 Å². The number of benzene rings is 4. The largest absolute Gasteiger partial charge is 0.489 e. The van der Waals surface area contributed by atoms with Gasteiger partial charge in [0, 0.05) is 47.0 Å². The minimum Gasteiger partial charge on any atom is -0.489 e. The molecule has 4 aromatic rings. The van der Waals surface area contributed by atoms with Crippen LogP contribution in [0.4, 0.5) is 0 Å². The zero-order valence-electron chi connectivity index (χ0n) is 41.0. The van der Waals surface area contributed by atoms with Crippen LogP contribution in [0.15, 0.2) is 60.7 Å². The quantitative estimate of drug-likeness (QED) is 0.129. The fraction of sp³-hybridized carbons (Fsp3) is 0.621. The highest BCUT2D eigenvalue weighted by Crippen LogP contribution is 2.48. The number of hydrogen-bond donors (Lipinski definition) is 2. The molecule has 4 aromatic carbocycles. The molecule has 2 aliphatic carbocycles. The van der Waals surface area contributed by atoms with Gasteiger partial charge in [-0.1, -0.05) is 100 Å². The standard InChI is InChI=1S/2C29H38ClNO3/c2*1-3-18-5-11-24(12-6-18)34-27-14-8-19-15-20(7-13-25(19)28(27)30)26(4-2)31-22-9-10-23(31)17-21(16-22)29(32)33/h2*7-8,13-15,18,21-24,26H,3-6,9-12,16-17H2,1-2H3,(H,32,33)/t2*18?,21?,22?,23?,24?,26-/m10/s1. The van der Waals surface area contributed by atoms with Gasteiger partial charge in [-0.15, -0.1) is 0 Å². The molecule has 6 fully saturated rings. The first-order valence-corrected chi connectivity index (χ1v) is 27.5. The van der Waals surface area contributed by atoms with Crippen molar-refractivity contribution in [1.82, 2.24) is 9.80 Å². The number of carbonyl (C=O) groups is 2. The second kappa shape index (κ2) is 21.8. The van der Waals surface area contributed by atoms with Crippen molar-refractivity contribution in [2.45, 2.75) is 205 Å². The summed E-state index contributed by atoms with van der Waals surface area (Å²) in [7, 11) is 0. The number of aliphatic carboxylic acids is 2. The Labute approximate surface area is 415 Å². The Bertz CT molecular complexity index is 2200. The molecule has 2 N–H and O–H groups in total. The first-order valence-electron chi connectivity index (χ1n) is 26.7. The van der Waals surface area contributed by atoms with E-state index in [4.69, 9.17) is 32.7 Å². The normalized spacial score (nSPS) is 30.4. The lowest BCUT2D eigenvalue weighted by molar-refractivity contribution is -0.145. The number of carboxylic acids is 2. The van der Waals surface area contributed by atoms with E-state index in [1.807, 2.05) is 12.1 Å². The van der Waals surface area contributed by atoms with Gasteiger partial charge < -0.3 is 19.7 Å². The number of ether oxygens (including phenoxy) is 2. The molecule has 4 unspecified atom stereocenters. The summed E-state index contributed by atoms with van der Waals surface area (Å²) in [6, 6.07) is 23.9. The third kappa shape index (κ3) is 10.4. The average molecular weight is 968 g/mol. The second-order valence-electron chi connectivity index (χ2n) is 21.6. The van der Waals surface area contributed by atoms with Gasteiger partial charge in [-0.05, 0) is 174 Å². The molecule has 6 atom stereocenters. The van der Waals surface area contributed by atoms with Gasteiger partial charge in [0.15, 0.2) is 0 Å². The molecule has 368 valence electrons. The van der Waals surface area contributed by atoms with Gasteiger partial charge >= 0.3 is 11.9 Å². The number of rotatable bonds is 14. The van der Waals surface area contributed by atoms with E-state index in [9.17, 15) is 19.8 Å². The number of hydrogen-bond acceptors (Lipinski definition) is 6. The molecule has 10 heteroatoms. The maximum atomic E-state index is 11.6. The van der Waals surface area contributed by atoms with E-state index in [0.29, 0.717) is 36.3 Å². The van der Waals surface area contributed by atoms with Crippen molar-refractivity contribution in [1.29, 1.82) is 0 Å². The van der Waals surface area contributed by atoms with Crippen LogP contribution < -0.4 is 9.47 Å². The topological polar surface area (TPSA) is 99.5 Å². The van der Waals surface area contributed by atoms with E-state index < -0.39 is 11.9 Å². The maximum Gasteiger partial charge on any atom is 0.306 e. The lowest BCUT2D eigenvalue weighted by Crippen LogP contribution is -2.46. The van der Waals surface area contributed by atoms with Crippen LogP contribution in [-0.4, -0.2) is 68.3 Å². The molecule has 4 aliphatic heterocycles. The number of fused-ring (bicyclic) bond motifs is 6. The molecule has 0 spiro atoms. The van der Waals surface area contributed by atoms with E-state index >= 15 is 0 Å². The summed E-state index contributed by atoms with van der Waals surface area (Å²) < 4.78 is 12.7. The Morgan fingerprint density at radius 1 is 0.529 bits per heavy atom. The van der Waals surface area contributed by atoms with E-state index in [1.54, 1.807) is 0 Å². The Balaban J connectivity index is 0.000000170. The molecule has 0 amide bonds. The first-order chi connectivity index (χ1) is 33.0. The predicted octanol–water partition coefficient (Wildman–Crippen LogP) is 15.2. The monoisotopic (exact) mass is 967 g/mol. The van der Waals surface area contributed by atoms with Crippen LogP contribution in [0, 0.1) is 23.7 Å². The maximum absolute atomic E-state index is 11.6. The SMILES string of the molecule is CCC1CCC(Oc2ccc3cc([C@@H](CC)N4C5CCC4CC(C(=O)O)C5)ccc3c2Cl)CC1.CCC1CCC(Oc2ccc3cc([C@H](CC)N4C5CCC4CC(C(=O)O)C5)ccc3c2Cl)CC1.